The monoisotopic (exact) mass is 319 g/mol. The zero-order valence-corrected chi connectivity index (χ0v) is 14.9. The van der Waals surface area contributed by atoms with E-state index >= 15 is 0 Å². The minimum absolute atomic E-state index is 0.0361. The second-order valence-electron chi connectivity index (χ2n) is 5.83. The van der Waals surface area contributed by atoms with Crippen molar-refractivity contribution in [2.24, 2.45) is 0 Å². The molecule has 1 aromatic rings. The third kappa shape index (κ3) is 5.93. The molecule has 5 heteroatoms. The van der Waals surface area contributed by atoms with Crippen molar-refractivity contribution in [3.63, 3.8) is 0 Å². The van der Waals surface area contributed by atoms with Crippen molar-refractivity contribution in [3.8, 4) is 0 Å². The van der Waals surface area contributed by atoms with E-state index in [4.69, 9.17) is 0 Å². The van der Waals surface area contributed by atoms with Crippen LogP contribution in [0.2, 0.25) is 0 Å². The van der Waals surface area contributed by atoms with Gasteiger partial charge in [0.25, 0.3) is 0 Å². The second kappa shape index (κ2) is 9.18. The number of hydrogen-bond acceptors (Lipinski definition) is 3. The Morgan fingerprint density at radius 1 is 1.04 bits per heavy atom. The van der Waals surface area contributed by atoms with Gasteiger partial charge >= 0.3 is 0 Å². The van der Waals surface area contributed by atoms with Gasteiger partial charge in [-0.25, -0.2) is 0 Å². The van der Waals surface area contributed by atoms with E-state index in [9.17, 15) is 9.59 Å². The summed E-state index contributed by atoms with van der Waals surface area (Å²) in [5.74, 6) is -0.0936. The van der Waals surface area contributed by atoms with Crippen molar-refractivity contribution in [1.82, 2.24) is 5.32 Å². The molecule has 0 unspecified atom stereocenters. The standard InChI is InChI=1S/C18H29N3O2/c1-6-20(7-2)16-8-10-17(11-9-16)21(15(5)22)13-12-18(23)19-14(3)4/h8-11,14H,6-7,12-13H2,1-5H3,(H,19,23). The van der Waals surface area contributed by atoms with Gasteiger partial charge in [-0.1, -0.05) is 0 Å². The van der Waals surface area contributed by atoms with Crippen LogP contribution in [-0.2, 0) is 9.59 Å². The van der Waals surface area contributed by atoms with E-state index in [0.29, 0.717) is 13.0 Å². The summed E-state index contributed by atoms with van der Waals surface area (Å²) in [6, 6.07) is 8.03. The van der Waals surface area contributed by atoms with Crippen LogP contribution < -0.4 is 15.1 Å². The maximum atomic E-state index is 11.9. The smallest absolute Gasteiger partial charge is 0.223 e. The third-order valence-electron chi connectivity index (χ3n) is 3.68. The lowest BCUT2D eigenvalue weighted by atomic mass is 10.2. The van der Waals surface area contributed by atoms with Gasteiger partial charge in [0.2, 0.25) is 11.8 Å². The van der Waals surface area contributed by atoms with E-state index in [0.717, 1.165) is 24.5 Å². The van der Waals surface area contributed by atoms with Gasteiger partial charge in [-0.2, -0.15) is 0 Å². The Bertz CT molecular complexity index is 508. The molecule has 1 rings (SSSR count). The zero-order valence-electron chi connectivity index (χ0n) is 14.9. The molecule has 1 aromatic carbocycles. The van der Waals surface area contributed by atoms with Gasteiger partial charge in [0, 0.05) is 50.4 Å². The Balaban J connectivity index is 2.78. The molecule has 5 nitrogen and oxygen atoms in total. The number of rotatable bonds is 8. The summed E-state index contributed by atoms with van der Waals surface area (Å²) < 4.78 is 0. The molecule has 2 amide bonds. The summed E-state index contributed by atoms with van der Waals surface area (Å²) in [5.41, 5.74) is 1.96. The maximum Gasteiger partial charge on any atom is 0.223 e. The van der Waals surface area contributed by atoms with Crippen LogP contribution in [0.4, 0.5) is 11.4 Å². The van der Waals surface area contributed by atoms with Gasteiger partial charge in [-0.05, 0) is 52.0 Å². The van der Waals surface area contributed by atoms with Gasteiger partial charge in [-0.15, -0.1) is 0 Å². The summed E-state index contributed by atoms with van der Waals surface area (Å²) >= 11 is 0. The molecule has 1 N–H and O–H groups in total. The number of benzene rings is 1. The molecule has 23 heavy (non-hydrogen) atoms. The van der Waals surface area contributed by atoms with Crippen LogP contribution in [0.3, 0.4) is 0 Å². The molecular weight excluding hydrogens is 290 g/mol. The van der Waals surface area contributed by atoms with Gasteiger partial charge in [-0.3, -0.25) is 9.59 Å². The summed E-state index contributed by atoms with van der Waals surface area (Å²) in [6.07, 6.45) is 0.301. The van der Waals surface area contributed by atoms with Crippen molar-refractivity contribution in [3.05, 3.63) is 24.3 Å². The number of nitrogens with one attached hydrogen (secondary N) is 1. The van der Waals surface area contributed by atoms with Crippen LogP contribution in [0.1, 0.15) is 41.0 Å². The van der Waals surface area contributed by atoms with Crippen LogP contribution >= 0.6 is 0 Å². The first-order valence-corrected chi connectivity index (χ1v) is 8.31. The fourth-order valence-electron chi connectivity index (χ4n) is 2.51. The fourth-order valence-corrected chi connectivity index (χ4v) is 2.51. The molecule has 0 spiro atoms. The van der Waals surface area contributed by atoms with Crippen molar-refractivity contribution >= 4 is 23.2 Å². The lowest BCUT2D eigenvalue weighted by Gasteiger charge is -2.24. The van der Waals surface area contributed by atoms with E-state index in [2.05, 4.69) is 24.1 Å². The predicted octanol–water partition coefficient (Wildman–Crippen LogP) is 2.80. The molecule has 0 saturated carbocycles. The highest BCUT2D eigenvalue weighted by atomic mass is 16.2. The van der Waals surface area contributed by atoms with Crippen LogP contribution in [-0.4, -0.2) is 37.5 Å². The summed E-state index contributed by atoms with van der Waals surface area (Å²) in [6.45, 7) is 11.9. The maximum absolute atomic E-state index is 11.9. The van der Waals surface area contributed by atoms with Crippen LogP contribution in [0, 0.1) is 0 Å². The van der Waals surface area contributed by atoms with Gasteiger partial charge in [0.1, 0.15) is 0 Å². The molecular formula is C18H29N3O2. The molecule has 0 radical (unpaired) electrons. The minimum atomic E-state index is -0.0575. The predicted molar refractivity (Wildman–Crippen MR) is 95.9 cm³/mol. The van der Waals surface area contributed by atoms with Crippen molar-refractivity contribution in [2.45, 2.75) is 47.1 Å². The third-order valence-corrected chi connectivity index (χ3v) is 3.68. The Kier molecular flexibility index (Phi) is 7.59. The average molecular weight is 319 g/mol. The Morgan fingerprint density at radius 2 is 1.57 bits per heavy atom. The first-order valence-electron chi connectivity index (χ1n) is 8.31. The summed E-state index contributed by atoms with van der Waals surface area (Å²) in [5, 5.41) is 2.84. The largest absolute Gasteiger partial charge is 0.372 e. The molecule has 0 heterocycles. The molecule has 0 bridgehead atoms. The number of amides is 2. The van der Waals surface area contributed by atoms with Gasteiger partial charge in [0.05, 0.1) is 0 Å². The Morgan fingerprint density at radius 3 is 2.00 bits per heavy atom. The molecule has 0 aromatic heterocycles. The number of anilines is 2. The van der Waals surface area contributed by atoms with Crippen molar-refractivity contribution < 1.29 is 9.59 Å². The topological polar surface area (TPSA) is 52.6 Å². The van der Waals surface area contributed by atoms with E-state index < -0.39 is 0 Å². The van der Waals surface area contributed by atoms with Crippen molar-refractivity contribution in [2.75, 3.05) is 29.4 Å². The van der Waals surface area contributed by atoms with Crippen LogP contribution in [0.5, 0.6) is 0 Å². The molecule has 0 fully saturated rings. The highest BCUT2D eigenvalue weighted by molar-refractivity contribution is 5.92. The zero-order chi connectivity index (χ0) is 17.4. The number of nitrogens with zero attached hydrogens (tertiary/aromatic N) is 2. The van der Waals surface area contributed by atoms with E-state index in [1.807, 2.05) is 38.1 Å². The van der Waals surface area contributed by atoms with Crippen LogP contribution in [0.25, 0.3) is 0 Å². The van der Waals surface area contributed by atoms with Gasteiger partial charge in [0.15, 0.2) is 0 Å². The normalized spacial score (nSPS) is 10.5. The Hall–Kier alpha value is -2.04. The molecule has 0 atom stereocenters. The molecule has 0 aliphatic rings. The molecule has 0 aliphatic carbocycles. The second-order valence-corrected chi connectivity index (χ2v) is 5.83. The first kappa shape index (κ1) is 19.0. The molecule has 128 valence electrons. The van der Waals surface area contributed by atoms with Crippen LogP contribution in [0.15, 0.2) is 24.3 Å². The molecule has 0 aliphatic heterocycles. The highest BCUT2D eigenvalue weighted by Crippen LogP contribution is 2.21. The van der Waals surface area contributed by atoms with Gasteiger partial charge < -0.3 is 15.1 Å². The summed E-state index contributed by atoms with van der Waals surface area (Å²) in [7, 11) is 0. The molecule has 0 saturated heterocycles. The number of carbonyl (C=O) groups is 2. The summed E-state index contributed by atoms with van der Waals surface area (Å²) in [4.78, 5) is 27.6. The van der Waals surface area contributed by atoms with E-state index in [-0.39, 0.29) is 17.9 Å². The van der Waals surface area contributed by atoms with E-state index in [1.165, 1.54) is 6.92 Å². The fraction of sp³-hybridized carbons (Fsp3) is 0.556. The lowest BCUT2D eigenvalue weighted by Crippen LogP contribution is -2.36. The number of hydrogen-bond donors (Lipinski definition) is 1. The van der Waals surface area contributed by atoms with E-state index in [1.54, 1.807) is 4.90 Å². The Labute approximate surface area is 139 Å². The highest BCUT2D eigenvalue weighted by Gasteiger charge is 2.14. The first-order chi connectivity index (χ1) is 10.9. The number of carbonyl (C=O) groups excluding carboxylic acids is 2. The lowest BCUT2D eigenvalue weighted by molar-refractivity contribution is -0.121. The minimum Gasteiger partial charge on any atom is -0.372 e. The quantitative estimate of drug-likeness (QED) is 0.801. The van der Waals surface area contributed by atoms with Crippen molar-refractivity contribution in [1.29, 1.82) is 0 Å². The average Bonchev–Trinajstić information content (AvgIpc) is 2.49. The SMILES string of the molecule is CCN(CC)c1ccc(N(CCC(=O)NC(C)C)C(C)=O)cc1.